The highest BCUT2D eigenvalue weighted by molar-refractivity contribution is 5.14. The van der Waals surface area contributed by atoms with E-state index < -0.39 is 0 Å². The molecule has 1 unspecified atom stereocenters. The molecule has 2 nitrogen and oxygen atoms in total. The van der Waals surface area contributed by atoms with Crippen molar-refractivity contribution in [3.05, 3.63) is 35.9 Å². The number of benzene rings is 1. The Morgan fingerprint density at radius 1 is 1.18 bits per heavy atom. The van der Waals surface area contributed by atoms with Gasteiger partial charge in [-0.1, -0.05) is 44.2 Å². The highest BCUT2D eigenvalue weighted by Gasteiger charge is 2.06. The van der Waals surface area contributed by atoms with Crippen LogP contribution in [0, 0.1) is 0 Å². The molecule has 0 aliphatic rings. The lowest BCUT2D eigenvalue weighted by atomic mass is 10.2. The van der Waals surface area contributed by atoms with Crippen molar-refractivity contribution in [2.75, 3.05) is 19.6 Å². The van der Waals surface area contributed by atoms with Gasteiger partial charge in [0.05, 0.1) is 0 Å². The maximum Gasteiger partial charge on any atom is 0.0233 e. The van der Waals surface area contributed by atoms with Crippen molar-refractivity contribution in [2.24, 2.45) is 0 Å². The molecular weight excluding hydrogens is 208 g/mol. The number of hydrogen-bond acceptors (Lipinski definition) is 2. The molecule has 0 aliphatic carbocycles. The van der Waals surface area contributed by atoms with Gasteiger partial charge in [0, 0.05) is 12.6 Å². The summed E-state index contributed by atoms with van der Waals surface area (Å²) in [5, 5.41) is 3.46. The zero-order valence-corrected chi connectivity index (χ0v) is 11.4. The quantitative estimate of drug-likeness (QED) is 0.744. The van der Waals surface area contributed by atoms with Crippen LogP contribution in [0.25, 0.3) is 0 Å². The summed E-state index contributed by atoms with van der Waals surface area (Å²) >= 11 is 0. The van der Waals surface area contributed by atoms with E-state index in [2.05, 4.69) is 61.3 Å². The molecule has 0 amide bonds. The Morgan fingerprint density at radius 3 is 2.47 bits per heavy atom. The van der Waals surface area contributed by atoms with E-state index in [9.17, 15) is 0 Å². The van der Waals surface area contributed by atoms with E-state index >= 15 is 0 Å². The van der Waals surface area contributed by atoms with Gasteiger partial charge in [-0.25, -0.2) is 0 Å². The number of hydrogen-bond donors (Lipinski definition) is 1. The summed E-state index contributed by atoms with van der Waals surface area (Å²) in [6, 6.07) is 11.3. The molecule has 0 radical (unpaired) electrons. The van der Waals surface area contributed by atoms with Crippen molar-refractivity contribution in [1.29, 1.82) is 0 Å². The normalized spacial score (nSPS) is 12.9. The predicted octanol–water partition coefficient (Wildman–Crippen LogP) is 2.90. The van der Waals surface area contributed by atoms with Gasteiger partial charge in [0.2, 0.25) is 0 Å². The van der Waals surface area contributed by atoms with Gasteiger partial charge < -0.3 is 5.32 Å². The summed E-state index contributed by atoms with van der Waals surface area (Å²) in [4.78, 5) is 2.50. The summed E-state index contributed by atoms with van der Waals surface area (Å²) in [7, 11) is 0. The molecule has 1 aromatic carbocycles. The molecule has 1 aromatic rings. The van der Waals surface area contributed by atoms with Crippen molar-refractivity contribution >= 4 is 0 Å². The molecule has 17 heavy (non-hydrogen) atoms. The molecule has 0 aromatic heterocycles. The first-order chi connectivity index (χ1) is 8.26. The Morgan fingerprint density at radius 2 is 1.88 bits per heavy atom. The van der Waals surface area contributed by atoms with Crippen LogP contribution in [0.3, 0.4) is 0 Å². The second-order valence-electron chi connectivity index (χ2n) is 4.60. The predicted molar refractivity (Wildman–Crippen MR) is 75.1 cm³/mol. The van der Waals surface area contributed by atoms with Crippen LogP contribution in [-0.4, -0.2) is 30.6 Å². The van der Waals surface area contributed by atoms with E-state index in [0.717, 1.165) is 19.6 Å². The van der Waals surface area contributed by atoms with Gasteiger partial charge >= 0.3 is 0 Å². The van der Waals surface area contributed by atoms with Crippen molar-refractivity contribution in [1.82, 2.24) is 10.2 Å². The van der Waals surface area contributed by atoms with Gasteiger partial charge in [-0.15, -0.1) is 0 Å². The van der Waals surface area contributed by atoms with E-state index in [1.54, 1.807) is 0 Å². The Labute approximate surface area is 106 Å². The summed E-state index contributed by atoms with van der Waals surface area (Å²) < 4.78 is 0. The largest absolute Gasteiger partial charge is 0.314 e. The van der Waals surface area contributed by atoms with Crippen LogP contribution in [-0.2, 0) is 6.54 Å². The molecule has 0 saturated carbocycles. The molecular formula is C15H26N2. The van der Waals surface area contributed by atoms with Crippen molar-refractivity contribution < 1.29 is 0 Å². The van der Waals surface area contributed by atoms with Crippen molar-refractivity contribution in [2.45, 2.75) is 39.8 Å². The summed E-state index contributed by atoms with van der Waals surface area (Å²) in [5.74, 6) is 0. The molecule has 0 heterocycles. The molecule has 2 heteroatoms. The maximum absolute atomic E-state index is 3.46. The van der Waals surface area contributed by atoms with E-state index in [-0.39, 0.29) is 0 Å². The lowest BCUT2D eigenvalue weighted by molar-refractivity contribution is 0.264. The lowest BCUT2D eigenvalue weighted by Crippen LogP contribution is -2.32. The SMILES string of the molecule is CCNC(C)CCN(CC)Cc1ccccc1. The smallest absolute Gasteiger partial charge is 0.0233 e. The maximum atomic E-state index is 3.46. The van der Waals surface area contributed by atoms with Crippen LogP contribution >= 0.6 is 0 Å². The second-order valence-corrected chi connectivity index (χ2v) is 4.60. The van der Waals surface area contributed by atoms with Crippen molar-refractivity contribution in [3.8, 4) is 0 Å². The molecule has 0 aliphatic heterocycles. The Balaban J connectivity index is 2.34. The molecule has 0 spiro atoms. The molecule has 1 N–H and O–H groups in total. The highest BCUT2D eigenvalue weighted by Crippen LogP contribution is 2.05. The molecule has 0 fully saturated rings. The summed E-state index contributed by atoms with van der Waals surface area (Å²) in [6.07, 6.45) is 1.22. The molecule has 0 bridgehead atoms. The van der Waals surface area contributed by atoms with Gasteiger partial charge in [-0.3, -0.25) is 4.90 Å². The first-order valence-corrected chi connectivity index (χ1v) is 6.75. The van der Waals surface area contributed by atoms with Gasteiger partial charge in [0.15, 0.2) is 0 Å². The first-order valence-electron chi connectivity index (χ1n) is 6.75. The van der Waals surface area contributed by atoms with Gasteiger partial charge in [-0.2, -0.15) is 0 Å². The fourth-order valence-corrected chi connectivity index (χ4v) is 2.02. The summed E-state index contributed by atoms with van der Waals surface area (Å²) in [5.41, 5.74) is 1.41. The Hall–Kier alpha value is -0.860. The van der Waals surface area contributed by atoms with Crippen molar-refractivity contribution in [3.63, 3.8) is 0 Å². The third kappa shape index (κ3) is 5.85. The molecule has 1 atom stereocenters. The van der Waals surface area contributed by atoms with E-state index in [1.165, 1.54) is 18.5 Å². The molecule has 0 saturated heterocycles. The third-order valence-corrected chi connectivity index (χ3v) is 3.13. The zero-order valence-electron chi connectivity index (χ0n) is 11.4. The second kappa shape index (κ2) is 8.26. The van der Waals surface area contributed by atoms with Gasteiger partial charge in [0.25, 0.3) is 0 Å². The topological polar surface area (TPSA) is 15.3 Å². The molecule has 1 rings (SSSR count). The van der Waals surface area contributed by atoms with Crippen LogP contribution in [0.1, 0.15) is 32.8 Å². The average Bonchev–Trinajstić information content (AvgIpc) is 2.36. The van der Waals surface area contributed by atoms with Crippen LogP contribution in [0.5, 0.6) is 0 Å². The average molecular weight is 234 g/mol. The number of rotatable bonds is 8. The Bertz CT molecular complexity index is 284. The van der Waals surface area contributed by atoms with Crippen LogP contribution in [0.4, 0.5) is 0 Å². The summed E-state index contributed by atoms with van der Waals surface area (Å²) in [6.45, 7) is 11.1. The van der Waals surface area contributed by atoms with E-state index in [1.807, 2.05) is 0 Å². The monoisotopic (exact) mass is 234 g/mol. The van der Waals surface area contributed by atoms with Crippen LogP contribution in [0.15, 0.2) is 30.3 Å². The first kappa shape index (κ1) is 14.2. The standard InChI is InChI=1S/C15H26N2/c1-4-16-14(3)11-12-17(5-2)13-15-9-7-6-8-10-15/h6-10,14,16H,4-5,11-13H2,1-3H3. The number of nitrogens with one attached hydrogen (secondary N) is 1. The highest BCUT2D eigenvalue weighted by atomic mass is 15.1. The van der Waals surface area contributed by atoms with Crippen LogP contribution < -0.4 is 5.32 Å². The minimum atomic E-state index is 0.616. The van der Waals surface area contributed by atoms with Gasteiger partial charge in [0.1, 0.15) is 0 Å². The molecule has 96 valence electrons. The minimum Gasteiger partial charge on any atom is -0.314 e. The lowest BCUT2D eigenvalue weighted by Gasteiger charge is -2.22. The van der Waals surface area contributed by atoms with Gasteiger partial charge in [-0.05, 0) is 38.5 Å². The third-order valence-electron chi connectivity index (χ3n) is 3.13. The fraction of sp³-hybridized carbons (Fsp3) is 0.600. The van der Waals surface area contributed by atoms with E-state index in [4.69, 9.17) is 0 Å². The van der Waals surface area contributed by atoms with Crippen LogP contribution in [0.2, 0.25) is 0 Å². The Kier molecular flexibility index (Phi) is 6.90. The minimum absolute atomic E-state index is 0.616. The zero-order chi connectivity index (χ0) is 12.5. The van der Waals surface area contributed by atoms with E-state index in [0.29, 0.717) is 6.04 Å². The fourth-order valence-electron chi connectivity index (χ4n) is 2.02. The number of nitrogens with zero attached hydrogens (tertiary/aromatic N) is 1.